The predicted octanol–water partition coefficient (Wildman–Crippen LogP) is 3.66. The Kier molecular flexibility index (Phi) is 7.26. The summed E-state index contributed by atoms with van der Waals surface area (Å²) in [6.07, 6.45) is 2.18. The average Bonchev–Trinajstić information content (AvgIpc) is 2.92. The van der Waals surface area contributed by atoms with Gasteiger partial charge in [0.2, 0.25) is 5.91 Å². The van der Waals surface area contributed by atoms with Crippen LogP contribution in [-0.4, -0.2) is 42.9 Å². The van der Waals surface area contributed by atoms with Gasteiger partial charge in [-0.15, -0.1) is 0 Å². The zero-order valence-corrected chi connectivity index (χ0v) is 18.5. The summed E-state index contributed by atoms with van der Waals surface area (Å²) in [6.45, 7) is 5.79. The van der Waals surface area contributed by atoms with Crippen LogP contribution in [0.3, 0.4) is 0 Å². The van der Waals surface area contributed by atoms with Gasteiger partial charge >= 0.3 is 0 Å². The van der Waals surface area contributed by atoms with E-state index in [1.165, 1.54) is 16.6 Å². The first-order valence-corrected chi connectivity index (χ1v) is 11.4. The van der Waals surface area contributed by atoms with Gasteiger partial charge in [-0.25, -0.2) is 8.99 Å². The number of benzene rings is 1. The normalized spacial score (nSPS) is 15.4. The minimum Gasteiger partial charge on any atom is -0.319 e. The Bertz CT molecular complexity index is 931. The first kappa shape index (κ1) is 21.7. The summed E-state index contributed by atoms with van der Waals surface area (Å²) in [5.41, 5.74) is 1.32. The number of piperidine rings is 1. The second-order valence-corrected chi connectivity index (χ2v) is 9.50. The number of carbonyl (C=O) groups is 2. The van der Waals surface area contributed by atoms with E-state index in [9.17, 15) is 14.4 Å². The number of nitrogens with zero attached hydrogens (tertiary/aromatic N) is 3. The molecule has 1 aliphatic heterocycles. The fraction of sp³-hybridized carbons (Fsp3) is 0.450. The highest BCUT2D eigenvalue weighted by Gasteiger charge is 2.21. The molecule has 1 aromatic heterocycles. The minimum absolute atomic E-state index is 0.0187. The van der Waals surface area contributed by atoms with Crippen LogP contribution in [0.15, 0.2) is 35.1 Å². The van der Waals surface area contributed by atoms with Gasteiger partial charge < -0.3 is 5.32 Å². The monoisotopic (exact) mass is 434 g/mol. The smallest absolute Gasteiger partial charge is 0.295 e. The van der Waals surface area contributed by atoms with Gasteiger partial charge in [0.25, 0.3) is 10.0 Å². The maximum atomic E-state index is 12.8. The molecule has 0 bridgehead atoms. The van der Waals surface area contributed by atoms with Crippen molar-refractivity contribution in [2.45, 2.75) is 26.7 Å². The highest BCUT2D eigenvalue weighted by molar-refractivity contribution is 8.37. The van der Waals surface area contributed by atoms with Crippen LogP contribution in [0.2, 0.25) is 0 Å². The van der Waals surface area contributed by atoms with E-state index in [0.29, 0.717) is 11.6 Å². The third-order valence-corrected chi connectivity index (χ3v) is 7.08. The molecule has 3 rings (SSSR count). The van der Waals surface area contributed by atoms with E-state index in [2.05, 4.69) is 16.5 Å². The van der Waals surface area contributed by atoms with Crippen LogP contribution in [-0.2, 0) is 11.8 Å². The van der Waals surface area contributed by atoms with Crippen molar-refractivity contribution in [2.24, 2.45) is 13.0 Å². The SMILES string of the molecule is Cc1c(NC(=O)CSC(=O)SN2CCC(C)CC2)c(=O)n(-c2ccccc2)n1C. The van der Waals surface area contributed by atoms with Crippen LogP contribution in [0.5, 0.6) is 0 Å². The van der Waals surface area contributed by atoms with Gasteiger partial charge in [0.05, 0.1) is 17.1 Å². The van der Waals surface area contributed by atoms with Crippen LogP contribution >= 0.6 is 23.7 Å². The van der Waals surface area contributed by atoms with Gasteiger partial charge in [0.15, 0.2) is 0 Å². The summed E-state index contributed by atoms with van der Waals surface area (Å²) < 4.78 is 5.18. The zero-order valence-electron chi connectivity index (χ0n) is 16.9. The molecule has 1 aromatic carbocycles. The summed E-state index contributed by atoms with van der Waals surface area (Å²) >= 11 is 2.16. The lowest BCUT2D eigenvalue weighted by Crippen LogP contribution is -2.28. The van der Waals surface area contributed by atoms with Crippen molar-refractivity contribution in [2.75, 3.05) is 24.2 Å². The molecule has 0 spiro atoms. The molecule has 9 heteroatoms. The summed E-state index contributed by atoms with van der Waals surface area (Å²) in [4.78, 5) is 37.3. The van der Waals surface area contributed by atoms with Crippen molar-refractivity contribution >= 4 is 39.8 Å². The fourth-order valence-corrected chi connectivity index (χ4v) is 4.85. The lowest BCUT2D eigenvalue weighted by Gasteiger charge is -2.27. The molecule has 0 atom stereocenters. The maximum Gasteiger partial charge on any atom is 0.295 e. The fourth-order valence-electron chi connectivity index (χ4n) is 3.22. The van der Waals surface area contributed by atoms with Gasteiger partial charge in [-0.1, -0.05) is 36.9 Å². The lowest BCUT2D eigenvalue weighted by molar-refractivity contribution is -0.113. The van der Waals surface area contributed by atoms with E-state index in [-0.39, 0.29) is 27.4 Å². The van der Waals surface area contributed by atoms with Crippen molar-refractivity contribution in [3.63, 3.8) is 0 Å². The number of aromatic nitrogens is 2. The van der Waals surface area contributed by atoms with Crippen LogP contribution in [0.25, 0.3) is 5.69 Å². The molecular formula is C20H26N4O3S2. The Balaban J connectivity index is 1.58. The van der Waals surface area contributed by atoms with Gasteiger partial charge in [-0.05, 0) is 37.8 Å². The first-order valence-electron chi connectivity index (χ1n) is 9.60. The molecule has 0 radical (unpaired) electrons. The average molecular weight is 435 g/mol. The molecule has 2 heterocycles. The second-order valence-electron chi connectivity index (χ2n) is 7.23. The standard InChI is InChI=1S/C20H26N4O3S2/c1-14-9-11-23(12-10-14)29-20(27)28-13-17(25)21-18-15(2)22(3)24(19(18)26)16-7-5-4-6-8-16/h4-8,14H,9-13H2,1-3H3,(H,21,25). The largest absolute Gasteiger partial charge is 0.319 e. The van der Waals surface area contributed by atoms with Gasteiger partial charge in [-0.3, -0.25) is 19.1 Å². The van der Waals surface area contributed by atoms with Crippen molar-refractivity contribution in [1.82, 2.24) is 13.7 Å². The summed E-state index contributed by atoms with van der Waals surface area (Å²) in [7, 11) is 1.77. The Morgan fingerprint density at radius 2 is 1.83 bits per heavy atom. The third kappa shape index (κ3) is 5.34. The number of anilines is 1. The molecular weight excluding hydrogens is 408 g/mol. The third-order valence-electron chi connectivity index (χ3n) is 5.09. The number of para-hydroxylation sites is 1. The molecule has 0 saturated carbocycles. The van der Waals surface area contributed by atoms with Crippen molar-refractivity contribution in [3.8, 4) is 5.69 Å². The highest BCUT2D eigenvalue weighted by Crippen LogP contribution is 2.26. The van der Waals surface area contributed by atoms with Crippen molar-refractivity contribution in [3.05, 3.63) is 46.4 Å². The molecule has 1 N–H and O–H groups in total. The van der Waals surface area contributed by atoms with E-state index < -0.39 is 0 Å². The molecule has 156 valence electrons. The highest BCUT2D eigenvalue weighted by atomic mass is 32.2. The molecule has 2 aromatic rings. The molecule has 1 amide bonds. The Morgan fingerprint density at radius 1 is 1.17 bits per heavy atom. The lowest BCUT2D eigenvalue weighted by atomic mass is 10.0. The molecule has 1 fully saturated rings. The van der Waals surface area contributed by atoms with Gasteiger partial charge in [0.1, 0.15) is 5.69 Å². The molecule has 1 saturated heterocycles. The molecule has 0 unspecified atom stereocenters. The maximum absolute atomic E-state index is 12.8. The van der Waals surface area contributed by atoms with E-state index in [0.717, 1.165) is 43.4 Å². The van der Waals surface area contributed by atoms with Crippen LogP contribution in [0, 0.1) is 12.8 Å². The number of hydrogen-bond donors (Lipinski definition) is 1. The first-order chi connectivity index (χ1) is 13.9. The van der Waals surface area contributed by atoms with Gasteiger partial charge in [-0.2, -0.15) is 0 Å². The number of carbonyl (C=O) groups excluding carboxylic acids is 2. The van der Waals surface area contributed by atoms with Crippen LogP contribution in [0.1, 0.15) is 25.5 Å². The van der Waals surface area contributed by atoms with Gasteiger partial charge in [0, 0.05) is 32.1 Å². The Morgan fingerprint density at radius 3 is 2.48 bits per heavy atom. The molecule has 0 aliphatic carbocycles. The molecule has 29 heavy (non-hydrogen) atoms. The molecule has 7 nitrogen and oxygen atoms in total. The predicted molar refractivity (Wildman–Crippen MR) is 120 cm³/mol. The summed E-state index contributed by atoms with van der Waals surface area (Å²) in [5, 5.41) is 2.69. The van der Waals surface area contributed by atoms with Crippen LogP contribution < -0.4 is 10.9 Å². The van der Waals surface area contributed by atoms with Crippen molar-refractivity contribution in [1.29, 1.82) is 0 Å². The van der Waals surface area contributed by atoms with E-state index in [1.54, 1.807) is 18.7 Å². The van der Waals surface area contributed by atoms with E-state index in [1.807, 2.05) is 30.3 Å². The number of thioether (sulfide) groups is 1. The quantitative estimate of drug-likeness (QED) is 0.724. The van der Waals surface area contributed by atoms with E-state index >= 15 is 0 Å². The van der Waals surface area contributed by atoms with Crippen molar-refractivity contribution < 1.29 is 9.59 Å². The summed E-state index contributed by atoms with van der Waals surface area (Å²) in [5.74, 6) is 0.325. The van der Waals surface area contributed by atoms with Crippen LogP contribution in [0.4, 0.5) is 10.5 Å². The number of amides is 1. The minimum atomic E-state index is -0.359. The topological polar surface area (TPSA) is 76.3 Å². The number of rotatable bonds is 5. The summed E-state index contributed by atoms with van der Waals surface area (Å²) in [6, 6.07) is 9.25. The zero-order chi connectivity index (χ0) is 21.0. The van der Waals surface area contributed by atoms with E-state index in [4.69, 9.17) is 0 Å². The second kappa shape index (κ2) is 9.69. The molecule has 1 aliphatic rings. The number of nitrogens with one attached hydrogen (secondary N) is 1. The Hall–Kier alpha value is -1.97. The Labute approximate surface area is 178 Å². The number of hydrogen-bond acceptors (Lipinski definition) is 6.